The number of piperidine rings is 1. The highest BCUT2D eigenvalue weighted by Crippen LogP contribution is 2.25. The number of aryl methyl sites for hydroxylation is 2. The summed E-state index contributed by atoms with van der Waals surface area (Å²) < 4.78 is 0. The zero-order chi connectivity index (χ0) is 24.7. The van der Waals surface area contributed by atoms with Crippen LogP contribution in [0.1, 0.15) is 56.7 Å². The molecule has 1 heterocycles. The van der Waals surface area contributed by atoms with Crippen LogP contribution in [0.3, 0.4) is 0 Å². The third-order valence-corrected chi connectivity index (χ3v) is 6.44. The Kier molecular flexibility index (Phi) is 8.45. The van der Waals surface area contributed by atoms with Crippen molar-refractivity contribution in [2.45, 2.75) is 65.0 Å². The summed E-state index contributed by atoms with van der Waals surface area (Å²) in [6.45, 7) is 8.90. The van der Waals surface area contributed by atoms with Crippen molar-refractivity contribution in [3.05, 3.63) is 59.2 Å². The second kappa shape index (κ2) is 11.3. The van der Waals surface area contributed by atoms with Crippen LogP contribution in [0.25, 0.3) is 0 Å². The summed E-state index contributed by atoms with van der Waals surface area (Å²) >= 11 is 0. The standard InChI is InChI=1S/C27H36N4O3/c1-5-20-12-11-19(3)23(17-20)30-25(22-9-7-8-10-24(22)32)28-18-31-15-13-21(14-16-31)29-26(33)27(4,34)6-2/h7-12,17-18,21,32,34H,5-6,13-16H2,1-4H3,(H,29,33). The van der Waals surface area contributed by atoms with Gasteiger partial charge in [0.25, 0.3) is 5.91 Å². The molecule has 0 aliphatic carbocycles. The molecule has 0 bridgehead atoms. The van der Waals surface area contributed by atoms with E-state index in [4.69, 9.17) is 4.99 Å². The van der Waals surface area contributed by atoms with E-state index < -0.39 is 5.60 Å². The van der Waals surface area contributed by atoms with Crippen molar-refractivity contribution >= 4 is 23.8 Å². The maximum atomic E-state index is 12.3. The largest absolute Gasteiger partial charge is 0.507 e. The minimum Gasteiger partial charge on any atom is -0.507 e. The smallest absolute Gasteiger partial charge is 0.251 e. The summed E-state index contributed by atoms with van der Waals surface area (Å²) in [5.74, 6) is 0.261. The van der Waals surface area contributed by atoms with Crippen LogP contribution in [-0.2, 0) is 11.2 Å². The molecule has 7 heteroatoms. The molecule has 0 radical (unpaired) electrons. The fraction of sp³-hybridized carbons (Fsp3) is 0.444. The minimum absolute atomic E-state index is 0.0286. The number of aromatic hydroxyl groups is 1. The van der Waals surface area contributed by atoms with Crippen LogP contribution in [0.4, 0.5) is 5.69 Å². The highest BCUT2D eigenvalue weighted by Gasteiger charge is 2.30. The number of benzene rings is 2. The van der Waals surface area contributed by atoms with Gasteiger partial charge in [-0.2, -0.15) is 0 Å². The lowest BCUT2D eigenvalue weighted by Crippen LogP contribution is -2.51. The van der Waals surface area contributed by atoms with E-state index in [9.17, 15) is 15.0 Å². The van der Waals surface area contributed by atoms with Crippen molar-refractivity contribution in [3.8, 4) is 5.75 Å². The molecule has 1 saturated heterocycles. The molecule has 0 saturated carbocycles. The van der Waals surface area contributed by atoms with E-state index in [1.54, 1.807) is 32.3 Å². The maximum Gasteiger partial charge on any atom is 0.251 e. The Hall–Kier alpha value is -3.19. The summed E-state index contributed by atoms with van der Waals surface area (Å²) in [6, 6.07) is 13.3. The van der Waals surface area contributed by atoms with Gasteiger partial charge in [-0.3, -0.25) is 4.79 Å². The van der Waals surface area contributed by atoms with Gasteiger partial charge in [0.15, 0.2) is 5.84 Å². The molecule has 7 nitrogen and oxygen atoms in total. The number of likely N-dealkylation sites (tertiary alicyclic amines) is 1. The van der Waals surface area contributed by atoms with E-state index in [1.165, 1.54) is 5.56 Å². The quantitative estimate of drug-likeness (QED) is 0.424. The molecule has 1 unspecified atom stereocenters. The van der Waals surface area contributed by atoms with Gasteiger partial charge >= 0.3 is 0 Å². The molecular formula is C27H36N4O3. The Morgan fingerprint density at radius 3 is 2.56 bits per heavy atom. The fourth-order valence-corrected chi connectivity index (χ4v) is 3.73. The number of hydrogen-bond donors (Lipinski definition) is 3. The van der Waals surface area contributed by atoms with Gasteiger partial charge in [-0.15, -0.1) is 0 Å². The number of carbonyl (C=O) groups is 1. The molecule has 1 fully saturated rings. The zero-order valence-electron chi connectivity index (χ0n) is 20.6. The van der Waals surface area contributed by atoms with E-state index in [1.807, 2.05) is 19.1 Å². The van der Waals surface area contributed by atoms with Gasteiger partial charge in [0.1, 0.15) is 11.4 Å². The van der Waals surface area contributed by atoms with Crippen LogP contribution >= 0.6 is 0 Å². The third-order valence-electron chi connectivity index (χ3n) is 6.44. The Morgan fingerprint density at radius 1 is 1.21 bits per heavy atom. The second-order valence-corrected chi connectivity index (χ2v) is 9.08. The van der Waals surface area contributed by atoms with Gasteiger partial charge in [-0.25, -0.2) is 9.98 Å². The fourth-order valence-electron chi connectivity index (χ4n) is 3.73. The molecule has 2 aromatic carbocycles. The normalized spacial score (nSPS) is 17.1. The van der Waals surface area contributed by atoms with Gasteiger partial charge in [0.2, 0.25) is 0 Å². The van der Waals surface area contributed by atoms with Crippen LogP contribution in [0.5, 0.6) is 5.75 Å². The van der Waals surface area contributed by atoms with Crippen LogP contribution < -0.4 is 5.32 Å². The molecule has 34 heavy (non-hydrogen) atoms. The molecule has 1 aliphatic rings. The number of phenols is 1. The number of nitrogens with one attached hydrogen (secondary N) is 1. The monoisotopic (exact) mass is 464 g/mol. The van der Waals surface area contributed by atoms with E-state index >= 15 is 0 Å². The molecular weight excluding hydrogens is 428 g/mol. The lowest BCUT2D eigenvalue weighted by Gasteiger charge is -2.32. The summed E-state index contributed by atoms with van der Waals surface area (Å²) in [7, 11) is 0. The predicted molar refractivity (Wildman–Crippen MR) is 137 cm³/mol. The molecule has 1 amide bonds. The Labute approximate surface area is 202 Å². The van der Waals surface area contributed by atoms with Crippen molar-refractivity contribution in [1.82, 2.24) is 10.2 Å². The molecule has 0 spiro atoms. The van der Waals surface area contributed by atoms with Gasteiger partial charge in [-0.1, -0.05) is 38.1 Å². The van der Waals surface area contributed by atoms with E-state index in [2.05, 4.69) is 40.3 Å². The van der Waals surface area contributed by atoms with E-state index in [-0.39, 0.29) is 17.7 Å². The van der Waals surface area contributed by atoms with Gasteiger partial charge in [0.05, 0.1) is 17.6 Å². The van der Waals surface area contributed by atoms with Crippen LogP contribution in [0, 0.1) is 6.92 Å². The molecule has 0 aromatic heterocycles. The van der Waals surface area contributed by atoms with Crippen LogP contribution in [0.15, 0.2) is 52.4 Å². The number of hydrogen-bond acceptors (Lipinski definition) is 4. The number of carbonyl (C=O) groups excluding carboxylic acids is 1. The number of amides is 1. The number of amidine groups is 1. The molecule has 3 N–H and O–H groups in total. The summed E-state index contributed by atoms with van der Waals surface area (Å²) in [6.07, 6.45) is 4.58. The zero-order valence-corrected chi connectivity index (χ0v) is 20.6. The second-order valence-electron chi connectivity index (χ2n) is 9.08. The number of aliphatic hydroxyl groups is 1. The molecule has 2 aromatic rings. The van der Waals surface area contributed by atoms with Gasteiger partial charge in [-0.05, 0) is 68.9 Å². The topological polar surface area (TPSA) is 97.5 Å². The lowest BCUT2D eigenvalue weighted by atomic mass is 10.00. The average Bonchev–Trinajstić information content (AvgIpc) is 2.84. The van der Waals surface area contributed by atoms with Crippen molar-refractivity contribution in [1.29, 1.82) is 0 Å². The molecule has 182 valence electrons. The first-order valence-electron chi connectivity index (χ1n) is 12.0. The molecule has 1 atom stereocenters. The highest BCUT2D eigenvalue weighted by molar-refractivity contribution is 6.06. The third kappa shape index (κ3) is 6.44. The average molecular weight is 465 g/mol. The highest BCUT2D eigenvalue weighted by atomic mass is 16.3. The first-order chi connectivity index (χ1) is 16.2. The van der Waals surface area contributed by atoms with Crippen LogP contribution in [0.2, 0.25) is 0 Å². The molecule has 3 rings (SSSR count). The number of aliphatic imine (C=N–C) groups is 2. The van der Waals surface area contributed by atoms with Gasteiger partial charge < -0.3 is 20.4 Å². The van der Waals surface area contributed by atoms with Crippen molar-refractivity contribution in [3.63, 3.8) is 0 Å². The summed E-state index contributed by atoms with van der Waals surface area (Å²) in [5, 5.41) is 23.5. The van der Waals surface area contributed by atoms with E-state index in [0.717, 1.165) is 43.6 Å². The SMILES string of the molecule is CCc1ccc(C)c(N=C(N=CN2CCC(NC(=O)C(C)(O)CC)CC2)c2ccccc2O)c1. The first-order valence-corrected chi connectivity index (χ1v) is 12.0. The Balaban J connectivity index is 1.76. The minimum atomic E-state index is -1.34. The number of para-hydroxylation sites is 1. The van der Waals surface area contributed by atoms with Crippen molar-refractivity contribution in [2.75, 3.05) is 13.1 Å². The van der Waals surface area contributed by atoms with Gasteiger partial charge in [0, 0.05) is 19.1 Å². The summed E-state index contributed by atoms with van der Waals surface area (Å²) in [4.78, 5) is 23.8. The first kappa shape index (κ1) is 25.4. The van der Waals surface area contributed by atoms with Crippen LogP contribution in [-0.4, -0.2) is 57.9 Å². The Bertz CT molecular complexity index is 1050. The lowest BCUT2D eigenvalue weighted by molar-refractivity contribution is -0.139. The van der Waals surface area contributed by atoms with Crippen molar-refractivity contribution in [2.24, 2.45) is 9.98 Å². The predicted octanol–water partition coefficient (Wildman–Crippen LogP) is 4.11. The number of nitrogens with zero attached hydrogens (tertiary/aromatic N) is 3. The number of phenolic OH excluding ortho intramolecular Hbond substituents is 1. The summed E-state index contributed by atoms with van der Waals surface area (Å²) in [5.41, 5.74) is 2.30. The maximum absolute atomic E-state index is 12.3. The Morgan fingerprint density at radius 2 is 1.91 bits per heavy atom. The molecule has 1 aliphatic heterocycles. The van der Waals surface area contributed by atoms with E-state index in [0.29, 0.717) is 17.8 Å². The number of rotatable bonds is 7. The van der Waals surface area contributed by atoms with Crippen molar-refractivity contribution < 1.29 is 15.0 Å².